The van der Waals surface area contributed by atoms with E-state index in [1.54, 1.807) is 43.3 Å². The van der Waals surface area contributed by atoms with Crippen LogP contribution in [0.2, 0.25) is 0 Å². The molecule has 0 saturated heterocycles. The number of nitriles is 4. The molecule has 0 amide bonds. The van der Waals surface area contributed by atoms with Crippen molar-refractivity contribution < 1.29 is 13.2 Å². The van der Waals surface area contributed by atoms with Gasteiger partial charge in [-0.05, 0) is 82.3 Å². The molecule has 5 aromatic rings. The highest BCUT2D eigenvalue weighted by atomic mass is 19.1. The lowest BCUT2D eigenvalue weighted by Gasteiger charge is -2.09. The quantitative estimate of drug-likeness (QED) is 0.184. The Kier molecular flexibility index (Phi) is 6.75. The zero-order valence-corrected chi connectivity index (χ0v) is 24.5. The number of alkyl halides is 1. The first kappa shape index (κ1) is 28.9. The van der Waals surface area contributed by atoms with Crippen LogP contribution in [0.25, 0.3) is 55.9 Å². The van der Waals surface area contributed by atoms with Gasteiger partial charge in [-0.3, -0.25) is 0 Å². The summed E-state index contributed by atoms with van der Waals surface area (Å²) in [7, 11) is 0. The standard InChI is InChI=1S/C38H17F3N6/c1-19-10-20(4-8-31(19)40)22-2-6-27-29(12-22)33(25(15-42)16-43)37-35(27)46-38-34(26(17-44)18-45)30-13-23(3-7-28(30)36(38)47-37)21-5-9-32(41)24(11-21)14-39/h2-13H,14H2,1H3. The first-order valence-corrected chi connectivity index (χ1v) is 14.2. The Morgan fingerprint density at radius 1 is 0.553 bits per heavy atom. The van der Waals surface area contributed by atoms with Gasteiger partial charge in [-0.2, -0.15) is 21.0 Å². The second-order valence-electron chi connectivity index (χ2n) is 11.0. The van der Waals surface area contributed by atoms with Crippen molar-refractivity contribution in [2.24, 2.45) is 0 Å². The summed E-state index contributed by atoms with van der Waals surface area (Å²) in [5.41, 5.74) is 6.59. The number of allylic oxidation sites excluding steroid dienone is 2. The van der Waals surface area contributed by atoms with Gasteiger partial charge >= 0.3 is 0 Å². The molecule has 1 heterocycles. The molecule has 0 atom stereocenters. The third kappa shape index (κ3) is 4.38. The molecule has 0 unspecified atom stereocenters. The van der Waals surface area contributed by atoms with Gasteiger partial charge in [-0.25, -0.2) is 23.1 Å². The molecule has 6 nitrogen and oxygen atoms in total. The highest BCUT2D eigenvalue weighted by Gasteiger charge is 2.36. The van der Waals surface area contributed by atoms with Crippen molar-refractivity contribution >= 4 is 11.1 Å². The molecule has 0 bridgehead atoms. The fourth-order valence-corrected chi connectivity index (χ4v) is 6.15. The van der Waals surface area contributed by atoms with Crippen LogP contribution in [-0.4, -0.2) is 9.97 Å². The monoisotopic (exact) mass is 614 g/mol. The summed E-state index contributed by atoms with van der Waals surface area (Å²) in [4.78, 5) is 9.87. The summed E-state index contributed by atoms with van der Waals surface area (Å²) in [6, 6.07) is 27.3. The van der Waals surface area contributed by atoms with Crippen LogP contribution in [0, 0.1) is 63.9 Å². The lowest BCUT2D eigenvalue weighted by atomic mass is 9.95. The summed E-state index contributed by atoms with van der Waals surface area (Å²) in [5.74, 6) is -1.00. The molecule has 0 N–H and O–H groups in total. The molecule has 2 aliphatic rings. The van der Waals surface area contributed by atoms with Crippen LogP contribution < -0.4 is 0 Å². The normalized spacial score (nSPS) is 11.7. The first-order valence-electron chi connectivity index (χ1n) is 14.2. The number of aryl methyl sites for hydroxylation is 1. The van der Waals surface area contributed by atoms with Gasteiger partial charge in [0.1, 0.15) is 65.1 Å². The van der Waals surface area contributed by atoms with Crippen LogP contribution in [-0.2, 0) is 6.67 Å². The lowest BCUT2D eigenvalue weighted by molar-refractivity contribution is 0.464. The molecule has 9 heteroatoms. The molecule has 7 rings (SSSR count). The van der Waals surface area contributed by atoms with Gasteiger partial charge in [0.2, 0.25) is 0 Å². The SMILES string of the molecule is Cc1cc(-c2ccc3c(c2)C(=C(C#N)C#N)c2nc4c(nc2-3)C(=C(C#N)C#N)c2cc(-c3ccc(F)c(CF)c3)ccc2-4)ccc1F. The van der Waals surface area contributed by atoms with E-state index in [4.69, 9.17) is 9.97 Å². The van der Waals surface area contributed by atoms with E-state index < -0.39 is 12.5 Å². The Bertz CT molecular complexity index is 2450. The third-order valence-electron chi connectivity index (χ3n) is 8.42. The Balaban J connectivity index is 1.47. The molecule has 0 radical (unpaired) electrons. The highest BCUT2D eigenvalue weighted by Crippen LogP contribution is 2.51. The topological polar surface area (TPSA) is 121 Å². The minimum Gasteiger partial charge on any atom is -0.246 e. The van der Waals surface area contributed by atoms with Crippen LogP contribution >= 0.6 is 0 Å². The minimum absolute atomic E-state index is 0.0990. The van der Waals surface area contributed by atoms with E-state index in [0.717, 1.165) is 11.1 Å². The summed E-state index contributed by atoms with van der Waals surface area (Å²) in [6.07, 6.45) is 0. The predicted molar refractivity (Wildman–Crippen MR) is 168 cm³/mol. The molecule has 47 heavy (non-hydrogen) atoms. The predicted octanol–water partition coefficient (Wildman–Crippen LogP) is 8.53. The van der Waals surface area contributed by atoms with Crippen molar-refractivity contribution in [3.8, 4) is 69.0 Å². The van der Waals surface area contributed by atoms with Crippen molar-refractivity contribution in [3.05, 3.63) is 129 Å². The van der Waals surface area contributed by atoms with Gasteiger partial charge in [-0.1, -0.05) is 36.4 Å². The molecular weight excluding hydrogens is 597 g/mol. The van der Waals surface area contributed by atoms with Crippen molar-refractivity contribution in [2.45, 2.75) is 13.6 Å². The number of hydrogen-bond donors (Lipinski definition) is 0. The summed E-state index contributed by atoms with van der Waals surface area (Å²) in [6.45, 7) is 0.680. The molecule has 4 aromatic carbocycles. The van der Waals surface area contributed by atoms with Crippen molar-refractivity contribution in [2.75, 3.05) is 0 Å². The van der Waals surface area contributed by atoms with E-state index in [-0.39, 0.29) is 39.4 Å². The van der Waals surface area contributed by atoms with Crippen LogP contribution in [0.15, 0.2) is 83.9 Å². The maximum absolute atomic E-state index is 14.0. The van der Waals surface area contributed by atoms with Crippen molar-refractivity contribution in [1.29, 1.82) is 21.0 Å². The van der Waals surface area contributed by atoms with E-state index in [0.29, 0.717) is 56.0 Å². The fourth-order valence-electron chi connectivity index (χ4n) is 6.15. The van der Waals surface area contributed by atoms with E-state index in [1.807, 2.05) is 36.4 Å². The lowest BCUT2D eigenvalue weighted by Crippen LogP contribution is -1.98. The smallest absolute Gasteiger partial charge is 0.139 e. The van der Waals surface area contributed by atoms with Gasteiger partial charge in [0.25, 0.3) is 0 Å². The third-order valence-corrected chi connectivity index (χ3v) is 8.42. The van der Waals surface area contributed by atoms with Gasteiger partial charge < -0.3 is 0 Å². The van der Waals surface area contributed by atoms with Gasteiger partial charge in [0.05, 0.1) is 11.4 Å². The Hall–Kier alpha value is -6.81. The largest absolute Gasteiger partial charge is 0.246 e. The highest BCUT2D eigenvalue weighted by molar-refractivity contribution is 6.07. The second-order valence-corrected chi connectivity index (χ2v) is 11.0. The van der Waals surface area contributed by atoms with Crippen molar-refractivity contribution in [3.63, 3.8) is 0 Å². The number of aromatic nitrogens is 2. The first-order chi connectivity index (χ1) is 22.8. The summed E-state index contributed by atoms with van der Waals surface area (Å²) in [5, 5.41) is 39.9. The van der Waals surface area contributed by atoms with Crippen LogP contribution in [0.5, 0.6) is 0 Å². The number of halogens is 3. The second kappa shape index (κ2) is 11.0. The van der Waals surface area contributed by atoms with Gasteiger partial charge in [0.15, 0.2) is 0 Å². The van der Waals surface area contributed by atoms with E-state index in [2.05, 4.69) is 0 Å². The van der Waals surface area contributed by atoms with Crippen LogP contribution in [0.3, 0.4) is 0 Å². The molecular formula is C38H17F3N6. The van der Waals surface area contributed by atoms with E-state index >= 15 is 0 Å². The minimum atomic E-state index is -0.983. The average Bonchev–Trinajstić information content (AvgIpc) is 3.58. The Morgan fingerprint density at radius 2 is 0.979 bits per heavy atom. The molecule has 0 fully saturated rings. The number of benzene rings is 4. The number of nitrogens with zero attached hydrogens (tertiary/aromatic N) is 6. The molecule has 0 aliphatic heterocycles. The number of hydrogen-bond acceptors (Lipinski definition) is 6. The number of rotatable bonds is 3. The zero-order chi connectivity index (χ0) is 33.0. The molecule has 220 valence electrons. The van der Waals surface area contributed by atoms with E-state index in [1.165, 1.54) is 24.3 Å². The average molecular weight is 615 g/mol. The summed E-state index contributed by atoms with van der Waals surface area (Å²) < 4.78 is 41.5. The Morgan fingerprint density at radius 3 is 1.43 bits per heavy atom. The molecule has 1 aromatic heterocycles. The fraction of sp³-hybridized carbons (Fsp3) is 0.0526. The zero-order valence-electron chi connectivity index (χ0n) is 24.5. The molecule has 2 aliphatic carbocycles. The molecule has 0 spiro atoms. The van der Waals surface area contributed by atoms with Crippen molar-refractivity contribution in [1.82, 2.24) is 9.97 Å². The number of fused-ring (bicyclic) bond motifs is 6. The van der Waals surface area contributed by atoms with Gasteiger partial charge in [0, 0.05) is 27.8 Å². The maximum atomic E-state index is 14.0. The van der Waals surface area contributed by atoms with Gasteiger partial charge in [-0.15, -0.1) is 0 Å². The molecule has 0 saturated carbocycles. The van der Waals surface area contributed by atoms with E-state index in [9.17, 15) is 34.2 Å². The Labute approximate surface area is 266 Å². The van der Waals surface area contributed by atoms with Crippen LogP contribution in [0.4, 0.5) is 13.2 Å². The van der Waals surface area contributed by atoms with Crippen LogP contribution in [0.1, 0.15) is 33.6 Å². The summed E-state index contributed by atoms with van der Waals surface area (Å²) >= 11 is 0. The maximum Gasteiger partial charge on any atom is 0.139 e.